The van der Waals surface area contributed by atoms with Gasteiger partial charge in [-0.15, -0.1) is 11.3 Å². The summed E-state index contributed by atoms with van der Waals surface area (Å²) in [6, 6.07) is 12.6. The fraction of sp³-hybridized carbons (Fsp3) is 0.133. The first-order valence-electron chi connectivity index (χ1n) is 6.23. The van der Waals surface area contributed by atoms with Crippen LogP contribution in [-0.2, 0) is 0 Å². The number of halogens is 1. The van der Waals surface area contributed by atoms with Crippen LogP contribution >= 0.6 is 27.3 Å². The van der Waals surface area contributed by atoms with Crippen LogP contribution < -0.4 is 5.32 Å². The van der Waals surface area contributed by atoms with Crippen LogP contribution in [0.4, 0.5) is 5.69 Å². The minimum Gasteiger partial charge on any atom is -0.444 e. The maximum absolute atomic E-state index is 5.28. The first-order chi connectivity index (χ1) is 9.72. The molecular weight excluding hydrogens is 336 g/mol. The highest BCUT2D eigenvalue weighted by Crippen LogP contribution is 2.29. The molecular formula is C15H13BrN2OS. The van der Waals surface area contributed by atoms with Crippen LogP contribution in [0.5, 0.6) is 0 Å². The lowest BCUT2D eigenvalue weighted by Gasteiger charge is -2.13. The van der Waals surface area contributed by atoms with Crippen molar-refractivity contribution < 1.29 is 4.42 Å². The fourth-order valence-corrected chi connectivity index (χ4v) is 3.40. The first-order valence-corrected chi connectivity index (χ1v) is 7.84. The molecule has 0 radical (unpaired) electrons. The fourth-order valence-electron chi connectivity index (χ4n) is 1.97. The number of oxazole rings is 1. The molecule has 0 fully saturated rings. The zero-order valence-corrected chi connectivity index (χ0v) is 13.2. The largest absolute Gasteiger partial charge is 0.444 e. The van der Waals surface area contributed by atoms with E-state index in [2.05, 4.69) is 57.4 Å². The maximum Gasteiger partial charge on any atom is 0.181 e. The third-order valence-electron chi connectivity index (χ3n) is 3.01. The second-order valence-corrected chi connectivity index (χ2v) is 6.95. The number of aromatic nitrogens is 1. The Morgan fingerprint density at radius 2 is 2.00 bits per heavy atom. The Balaban J connectivity index is 1.72. The van der Waals surface area contributed by atoms with Crippen molar-refractivity contribution in [2.45, 2.75) is 13.0 Å². The Morgan fingerprint density at radius 1 is 1.20 bits per heavy atom. The van der Waals surface area contributed by atoms with E-state index in [1.165, 1.54) is 11.3 Å². The van der Waals surface area contributed by atoms with Crippen molar-refractivity contribution in [2.75, 3.05) is 5.32 Å². The number of anilines is 1. The molecule has 1 aromatic carbocycles. The molecule has 1 N–H and O–H groups in total. The van der Waals surface area contributed by atoms with E-state index in [1.54, 1.807) is 17.5 Å². The molecule has 2 heterocycles. The Kier molecular flexibility index (Phi) is 3.89. The van der Waals surface area contributed by atoms with Crippen LogP contribution in [0.2, 0.25) is 0 Å². The van der Waals surface area contributed by atoms with Gasteiger partial charge in [0.05, 0.1) is 16.0 Å². The maximum atomic E-state index is 5.28. The van der Waals surface area contributed by atoms with E-state index < -0.39 is 0 Å². The smallest absolute Gasteiger partial charge is 0.181 e. The summed E-state index contributed by atoms with van der Waals surface area (Å²) in [5.41, 5.74) is 2.12. The van der Waals surface area contributed by atoms with Gasteiger partial charge in [0.2, 0.25) is 0 Å². The van der Waals surface area contributed by atoms with E-state index >= 15 is 0 Å². The minimum absolute atomic E-state index is 0.280. The Hall–Kier alpha value is -1.59. The van der Waals surface area contributed by atoms with Crippen molar-refractivity contribution in [1.82, 2.24) is 4.98 Å². The van der Waals surface area contributed by atoms with Gasteiger partial charge in [0.1, 0.15) is 0 Å². The molecule has 0 amide bonds. The van der Waals surface area contributed by atoms with Gasteiger partial charge >= 0.3 is 0 Å². The van der Waals surface area contributed by atoms with Crippen molar-refractivity contribution in [2.24, 2.45) is 0 Å². The van der Waals surface area contributed by atoms with Gasteiger partial charge in [0.15, 0.2) is 12.2 Å². The first kappa shape index (κ1) is 13.4. The van der Waals surface area contributed by atoms with Gasteiger partial charge < -0.3 is 9.73 Å². The van der Waals surface area contributed by atoms with E-state index in [4.69, 9.17) is 4.42 Å². The van der Waals surface area contributed by atoms with Gasteiger partial charge in [-0.2, -0.15) is 0 Å². The van der Waals surface area contributed by atoms with Crippen molar-refractivity contribution >= 4 is 33.0 Å². The molecule has 1 unspecified atom stereocenters. The predicted molar refractivity (Wildman–Crippen MR) is 86.0 cm³/mol. The molecule has 0 spiro atoms. The number of benzene rings is 1. The highest BCUT2D eigenvalue weighted by Gasteiger charge is 2.08. The molecule has 0 saturated heterocycles. The molecule has 2 aromatic heterocycles. The minimum atomic E-state index is 0.280. The summed E-state index contributed by atoms with van der Waals surface area (Å²) in [5, 5.41) is 3.49. The summed E-state index contributed by atoms with van der Waals surface area (Å²) in [7, 11) is 0. The second-order valence-electron chi connectivity index (χ2n) is 4.45. The van der Waals surface area contributed by atoms with E-state index in [-0.39, 0.29) is 6.04 Å². The normalized spacial score (nSPS) is 12.3. The molecule has 3 rings (SSSR count). The lowest BCUT2D eigenvalue weighted by atomic mass is 10.1. The summed E-state index contributed by atoms with van der Waals surface area (Å²) in [6.45, 7) is 2.16. The molecule has 0 aliphatic rings. The predicted octanol–water partition coefficient (Wildman–Crippen LogP) is 5.34. The summed E-state index contributed by atoms with van der Waals surface area (Å²) >= 11 is 5.24. The van der Waals surface area contributed by atoms with Crippen LogP contribution in [0.25, 0.3) is 11.3 Å². The Morgan fingerprint density at radius 3 is 2.60 bits per heavy atom. The standard InChI is InChI=1S/C15H13BrN2OS/c1-10(14-6-7-15(16)20-14)18-12-4-2-11(3-5-12)13-8-17-9-19-13/h2-10,18H,1H3. The van der Waals surface area contributed by atoms with Gasteiger partial charge in [0, 0.05) is 16.1 Å². The molecule has 102 valence electrons. The van der Waals surface area contributed by atoms with E-state index in [9.17, 15) is 0 Å². The van der Waals surface area contributed by atoms with Gasteiger partial charge in [0.25, 0.3) is 0 Å². The van der Waals surface area contributed by atoms with E-state index in [0.29, 0.717) is 0 Å². The summed E-state index contributed by atoms with van der Waals surface area (Å²) < 4.78 is 6.43. The monoisotopic (exact) mass is 348 g/mol. The topological polar surface area (TPSA) is 38.1 Å². The average molecular weight is 349 g/mol. The van der Waals surface area contributed by atoms with Gasteiger partial charge in [-0.1, -0.05) is 0 Å². The van der Waals surface area contributed by atoms with Crippen LogP contribution in [0.15, 0.2) is 57.2 Å². The number of thiophene rings is 1. The number of hydrogen-bond acceptors (Lipinski definition) is 4. The van der Waals surface area contributed by atoms with Crippen LogP contribution in [0.3, 0.4) is 0 Å². The zero-order chi connectivity index (χ0) is 13.9. The Bertz CT molecular complexity index is 676. The molecule has 1 atom stereocenters. The third-order valence-corrected chi connectivity index (χ3v) is 4.81. The quantitative estimate of drug-likeness (QED) is 0.691. The van der Waals surface area contributed by atoms with E-state index in [0.717, 1.165) is 20.8 Å². The Labute approximate surface area is 129 Å². The average Bonchev–Trinajstić information content (AvgIpc) is 3.10. The number of hydrogen-bond donors (Lipinski definition) is 1. The van der Waals surface area contributed by atoms with Crippen LogP contribution in [-0.4, -0.2) is 4.98 Å². The molecule has 5 heteroatoms. The molecule has 0 aliphatic carbocycles. The van der Waals surface area contributed by atoms with Crippen molar-refractivity contribution in [3.05, 3.63) is 57.7 Å². The summed E-state index contributed by atoms with van der Waals surface area (Å²) in [6.07, 6.45) is 3.16. The zero-order valence-electron chi connectivity index (χ0n) is 10.8. The lowest BCUT2D eigenvalue weighted by Crippen LogP contribution is -2.04. The van der Waals surface area contributed by atoms with E-state index in [1.807, 2.05) is 12.1 Å². The molecule has 3 aromatic rings. The third kappa shape index (κ3) is 2.94. The highest BCUT2D eigenvalue weighted by atomic mass is 79.9. The second kappa shape index (κ2) is 5.81. The summed E-state index contributed by atoms with van der Waals surface area (Å²) in [4.78, 5) is 5.23. The molecule has 0 bridgehead atoms. The number of nitrogens with one attached hydrogen (secondary N) is 1. The molecule has 3 nitrogen and oxygen atoms in total. The molecule has 0 aliphatic heterocycles. The SMILES string of the molecule is CC(Nc1ccc(-c2cnco2)cc1)c1ccc(Br)s1. The van der Waals surface area contributed by atoms with Crippen molar-refractivity contribution in [3.8, 4) is 11.3 Å². The van der Waals surface area contributed by atoms with Crippen LogP contribution in [0.1, 0.15) is 17.8 Å². The lowest BCUT2D eigenvalue weighted by molar-refractivity contribution is 0.572. The van der Waals surface area contributed by atoms with Gasteiger partial charge in [-0.3, -0.25) is 0 Å². The van der Waals surface area contributed by atoms with Gasteiger partial charge in [-0.05, 0) is 59.3 Å². The number of rotatable bonds is 4. The van der Waals surface area contributed by atoms with Crippen LogP contribution in [0, 0.1) is 0 Å². The number of nitrogens with zero attached hydrogens (tertiary/aromatic N) is 1. The van der Waals surface area contributed by atoms with Crippen molar-refractivity contribution in [3.63, 3.8) is 0 Å². The van der Waals surface area contributed by atoms with Gasteiger partial charge in [-0.25, -0.2) is 4.98 Å². The van der Waals surface area contributed by atoms with Crippen molar-refractivity contribution in [1.29, 1.82) is 0 Å². The molecule has 0 saturated carbocycles. The highest BCUT2D eigenvalue weighted by molar-refractivity contribution is 9.11. The summed E-state index contributed by atoms with van der Waals surface area (Å²) in [5.74, 6) is 0.784. The molecule has 20 heavy (non-hydrogen) atoms.